The molecule has 0 bridgehead atoms. The molecule has 0 saturated carbocycles. The van der Waals surface area contributed by atoms with Gasteiger partial charge >= 0.3 is 5.69 Å². The van der Waals surface area contributed by atoms with Crippen LogP contribution in [-0.2, 0) is 0 Å². The number of aromatic amines is 2. The molecule has 5 heteroatoms. The van der Waals surface area contributed by atoms with Crippen LogP contribution >= 0.6 is 0 Å². The minimum atomic E-state index is -0.258. The fourth-order valence-electron chi connectivity index (χ4n) is 1.73. The second-order valence-corrected chi connectivity index (χ2v) is 3.58. The lowest BCUT2D eigenvalue weighted by molar-refractivity contribution is 0.622. The van der Waals surface area contributed by atoms with Crippen molar-refractivity contribution in [3.63, 3.8) is 0 Å². The Hall–Kier alpha value is -1.65. The molecule has 0 aliphatic carbocycles. The second-order valence-electron chi connectivity index (χ2n) is 3.58. The van der Waals surface area contributed by atoms with Crippen molar-refractivity contribution in [2.45, 2.75) is 32.6 Å². The van der Waals surface area contributed by atoms with E-state index in [4.69, 9.17) is 0 Å². The molecule has 2 heterocycles. The van der Waals surface area contributed by atoms with Gasteiger partial charge in [0.25, 0.3) is 0 Å². The summed E-state index contributed by atoms with van der Waals surface area (Å²) in [4.78, 5) is 24.8. The van der Waals surface area contributed by atoms with Crippen molar-refractivity contribution in [1.29, 1.82) is 0 Å². The lowest BCUT2D eigenvalue weighted by Gasteiger charge is -2.09. The minimum Gasteiger partial charge on any atom is -0.289 e. The van der Waals surface area contributed by atoms with Crippen molar-refractivity contribution in [3.05, 3.63) is 22.4 Å². The van der Waals surface area contributed by atoms with Gasteiger partial charge in [0.15, 0.2) is 11.3 Å². The van der Waals surface area contributed by atoms with Gasteiger partial charge in [-0.05, 0) is 12.8 Å². The van der Waals surface area contributed by atoms with Gasteiger partial charge in [0.1, 0.15) is 0 Å². The van der Waals surface area contributed by atoms with Crippen molar-refractivity contribution < 1.29 is 0 Å². The van der Waals surface area contributed by atoms with Crippen molar-refractivity contribution in [2.24, 2.45) is 0 Å². The van der Waals surface area contributed by atoms with E-state index in [1.165, 1.54) is 0 Å². The maximum atomic E-state index is 11.0. The third-order valence-corrected chi connectivity index (χ3v) is 2.66. The van der Waals surface area contributed by atoms with E-state index in [1.54, 1.807) is 6.20 Å². The van der Waals surface area contributed by atoms with Crippen molar-refractivity contribution in [3.8, 4) is 0 Å². The van der Waals surface area contributed by atoms with E-state index >= 15 is 0 Å². The van der Waals surface area contributed by atoms with Gasteiger partial charge < -0.3 is 0 Å². The summed E-state index contributed by atoms with van der Waals surface area (Å²) in [5, 5.41) is 0. The summed E-state index contributed by atoms with van der Waals surface area (Å²) in [6, 6.07) is 0. The summed E-state index contributed by atoms with van der Waals surface area (Å²) < 4.78 is 0. The predicted molar refractivity (Wildman–Crippen MR) is 57.8 cm³/mol. The number of H-pyrrole nitrogens is 2. The Balaban J connectivity index is 2.49. The van der Waals surface area contributed by atoms with E-state index in [2.05, 4.69) is 33.8 Å². The van der Waals surface area contributed by atoms with Crippen LogP contribution in [0.15, 0.2) is 11.0 Å². The number of hydrogen-bond acceptors (Lipinski definition) is 3. The van der Waals surface area contributed by atoms with E-state index in [9.17, 15) is 4.79 Å². The average molecular weight is 206 g/mol. The molecule has 2 aromatic heterocycles. The number of aromatic nitrogens is 4. The van der Waals surface area contributed by atoms with Crippen LogP contribution in [0, 0.1) is 0 Å². The highest BCUT2D eigenvalue weighted by Gasteiger charge is 2.10. The highest BCUT2D eigenvalue weighted by molar-refractivity contribution is 5.63. The van der Waals surface area contributed by atoms with Crippen molar-refractivity contribution in [1.82, 2.24) is 19.9 Å². The predicted octanol–water partition coefficient (Wildman–Crippen LogP) is 1.55. The summed E-state index contributed by atoms with van der Waals surface area (Å²) >= 11 is 0. The van der Waals surface area contributed by atoms with Crippen LogP contribution in [0.25, 0.3) is 11.3 Å². The zero-order valence-corrected chi connectivity index (χ0v) is 8.87. The van der Waals surface area contributed by atoms with Crippen LogP contribution in [0.4, 0.5) is 0 Å². The quantitative estimate of drug-likeness (QED) is 0.800. The van der Waals surface area contributed by atoms with E-state index in [1.807, 2.05) is 0 Å². The third kappa shape index (κ3) is 1.77. The summed E-state index contributed by atoms with van der Waals surface area (Å²) in [6.07, 6.45) is 3.81. The van der Waals surface area contributed by atoms with Gasteiger partial charge in [-0.1, -0.05) is 13.8 Å². The molecule has 0 amide bonds. The zero-order valence-electron chi connectivity index (χ0n) is 8.87. The number of hydrogen-bond donors (Lipinski definition) is 2. The molecule has 5 nitrogen and oxygen atoms in total. The van der Waals surface area contributed by atoms with Gasteiger partial charge in [0, 0.05) is 5.92 Å². The van der Waals surface area contributed by atoms with Crippen molar-refractivity contribution >= 4 is 11.3 Å². The topological polar surface area (TPSA) is 74.4 Å². The van der Waals surface area contributed by atoms with Gasteiger partial charge in [-0.15, -0.1) is 0 Å². The Morgan fingerprint density at radius 2 is 1.93 bits per heavy atom. The first-order valence-corrected chi connectivity index (χ1v) is 5.19. The SMILES string of the molecule is CCC(CC)c1cnc2[nH]c(=O)[nH]c2n1. The third-order valence-electron chi connectivity index (χ3n) is 2.66. The van der Waals surface area contributed by atoms with E-state index < -0.39 is 0 Å². The first-order chi connectivity index (χ1) is 7.24. The van der Waals surface area contributed by atoms with Crippen LogP contribution in [0.3, 0.4) is 0 Å². The zero-order chi connectivity index (χ0) is 10.8. The molecule has 2 aromatic rings. The maximum absolute atomic E-state index is 11.0. The molecule has 0 aromatic carbocycles. The standard InChI is InChI=1S/C10H14N4O/c1-3-6(4-2)7-5-11-8-9(12-7)14-10(15)13-8/h5-6H,3-4H2,1-2H3,(H2,11,12,13,14,15). The maximum Gasteiger partial charge on any atom is 0.326 e. The Bertz CT molecular complexity index is 509. The highest BCUT2D eigenvalue weighted by atomic mass is 16.1. The number of nitrogens with one attached hydrogen (secondary N) is 2. The summed E-state index contributed by atoms with van der Waals surface area (Å²) in [7, 11) is 0. The second kappa shape index (κ2) is 3.84. The average Bonchev–Trinajstić information content (AvgIpc) is 2.59. The van der Waals surface area contributed by atoms with Crippen molar-refractivity contribution in [2.75, 3.05) is 0 Å². The van der Waals surface area contributed by atoms with Gasteiger partial charge in [0.05, 0.1) is 11.9 Å². The Labute approximate surface area is 87.0 Å². The van der Waals surface area contributed by atoms with Gasteiger partial charge in [-0.25, -0.2) is 14.8 Å². The lowest BCUT2D eigenvalue weighted by atomic mass is 10.0. The lowest BCUT2D eigenvalue weighted by Crippen LogP contribution is -2.00. The summed E-state index contributed by atoms with van der Waals surface area (Å²) in [5.74, 6) is 0.417. The van der Waals surface area contributed by atoms with E-state index in [0.29, 0.717) is 17.2 Å². The molecular formula is C10H14N4O. The normalized spacial score (nSPS) is 11.4. The highest BCUT2D eigenvalue weighted by Crippen LogP contribution is 2.20. The molecule has 0 fully saturated rings. The molecule has 0 aliphatic rings. The molecule has 80 valence electrons. The smallest absolute Gasteiger partial charge is 0.289 e. The van der Waals surface area contributed by atoms with Crippen LogP contribution in [0.5, 0.6) is 0 Å². The summed E-state index contributed by atoms with van der Waals surface area (Å²) in [5.41, 5.74) is 1.76. The molecular weight excluding hydrogens is 192 g/mol. The van der Waals surface area contributed by atoms with E-state index in [-0.39, 0.29) is 5.69 Å². The fourth-order valence-corrected chi connectivity index (χ4v) is 1.73. The largest absolute Gasteiger partial charge is 0.326 e. The minimum absolute atomic E-state index is 0.258. The number of nitrogens with zero attached hydrogens (tertiary/aromatic N) is 2. The summed E-state index contributed by atoms with van der Waals surface area (Å²) in [6.45, 7) is 4.25. The fraction of sp³-hybridized carbons (Fsp3) is 0.500. The number of rotatable bonds is 3. The Morgan fingerprint density at radius 3 is 2.60 bits per heavy atom. The Morgan fingerprint density at radius 1 is 1.27 bits per heavy atom. The van der Waals surface area contributed by atoms with Crippen LogP contribution in [0.2, 0.25) is 0 Å². The molecule has 0 radical (unpaired) electrons. The van der Waals surface area contributed by atoms with E-state index in [0.717, 1.165) is 18.5 Å². The molecule has 15 heavy (non-hydrogen) atoms. The van der Waals surface area contributed by atoms with Gasteiger partial charge in [-0.2, -0.15) is 0 Å². The molecule has 0 saturated heterocycles. The monoisotopic (exact) mass is 206 g/mol. The molecule has 2 N–H and O–H groups in total. The molecule has 0 atom stereocenters. The first kappa shape index (κ1) is 9.89. The van der Waals surface area contributed by atoms with Gasteiger partial charge in [0.2, 0.25) is 0 Å². The van der Waals surface area contributed by atoms with Gasteiger partial charge in [-0.3, -0.25) is 9.97 Å². The van der Waals surface area contributed by atoms with Crippen LogP contribution in [0.1, 0.15) is 38.3 Å². The molecule has 2 rings (SSSR count). The molecule has 0 unspecified atom stereocenters. The molecule has 0 spiro atoms. The first-order valence-electron chi connectivity index (χ1n) is 5.19. The van der Waals surface area contributed by atoms with Crippen LogP contribution < -0.4 is 5.69 Å². The van der Waals surface area contributed by atoms with Crippen LogP contribution in [-0.4, -0.2) is 19.9 Å². The Kier molecular flexibility index (Phi) is 2.53. The number of fused-ring (bicyclic) bond motifs is 1. The molecule has 0 aliphatic heterocycles. The number of imidazole rings is 1.